The lowest BCUT2D eigenvalue weighted by Gasteiger charge is -2.36. The summed E-state index contributed by atoms with van der Waals surface area (Å²) in [5.74, 6) is 1.71. The normalized spacial score (nSPS) is 18.7. The van der Waals surface area contributed by atoms with Crippen LogP contribution >= 0.6 is 0 Å². The Hall–Kier alpha value is -2.88. The number of aromatic nitrogens is 2. The van der Waals surface area contributed by atoms with Crippen LogP contribution in [0.2, 0.25) is 0 Å². The first-order valence-corrected chi connectivity index (χ1v) is 15.5. The molecule has 9 heteroatoms. The maximum absolute atomic E-state index is 10.8. The minimum absolute atomic E-state index is 0.308. The number of phenolic OH excluding ortho intramolecular Hbond substituents is 1. The zero-order chi connectivity index (χ0) is 28.8. The Morgan fingerprint density at radius 2 is 1.90 bits per heavy atom. The van der Waals surface area contributed by atoms with Gasteiger partial charge in [0, 0.05) is 69.7 Å². The van der Waals surface area contributed by atoms with E-state index in [0.29, 0.717) is 30.8 Å². The Kier molecular flexibility index (Phi) is 10.0. The largest absolute Gasteiger partial charge is 0.508 e. The third kappa shape index (κ3) is 7.31. The second-order valence-electron chi connectivity index (χ2n) is 11.8. The number of ether oxygens (including phenoxy) is 2. The molecule has 5 rings (SSSR count). The van der Waals surface area contributed by atoms with E-state index in [1.54, 1.807) is 0 Å². The summed E-state index contributed by atoms with van der Waals surface area (Å²) in [6, 6.07) is 4.34. The van der Waals surface area contributed by atoms with E-state index in [2.05, 4.69) is 47.4 Å². The van der Waals surface area contributed by atoms with E-state index in [9.17, 15) is 5.11 Å². The Morgan fingerprint density at radius 3 is 2.63 bits per heavy atom. The van der Waals surface area contributed by atoms with Gasteiger partial charge >= 0.3 is 6.01 Å². The topological polar surface area (TPSA) is 86.2 Å². The van der Waals surface area contributed by atoms with E-state index in [4.69, 9.17) is 19.4 Å². The van der Waals surface area contributed by atoms with Gasteiger partial charge in [-0.2, -0.15) is 9.97 Å². The van der Waals surface area contributed by atoms with E-state index < -0.39 is 0 Å². The third-order valence-electron chi connectivity index (χ3n) is 8.56. The molecule has 3 aliphatic rings. The lowest BCUT2D eigenvalue weighted by molar-refractivity contribution is 0.0356. The van der Waals surface area contributed by atoms with Crippen LogP contribution < -0.4 is 19.9 Å². The number of nitrogens with one attached hydrogen (secondary N) is 1. The molecule has 0 spiro atoms. The molecule has 1 unspecified atom stereocenters. The molecule has 1 atom stereocenters. The standard InChI is InChI=1S/C32H48N6O3/c1-5-24(4)30-25(19-23(2)3)20-26(39)21-29(30)38-11-7-27-28(22-38)34-32(35-31(27)37-12-8-33-9-13-37)41-16-6-10-36-14-17-40-18-15-36/h20-21,24,33,39H,2,5-19,22H2,1,3-4H3. The van der Waals surface area contributed by atoms with Crippen molar-refractivity contribution in [3.8, 4) is 11.8 Å². The van der Waals surface area contributed by atoms with Crippen LogP contribution in [0.3, 0.4) is 0 Å². The molecule has 0 radical (unpaired) electrons. The van der Waals surface area contributed by atoms with E-state index in [0.717, 1.165) is 114 Å². The van der Waals surface area contributed by atoms with Crippen molar-refractivity contribution in [1.82, 2.24) is 20.2 Å². The molecule has 41 heavy (non-hydrogen) atoms. The average Bonchev–Trinajstić information content (AvgIpc) is 2.98. The lowest BCUT2D eigenvalue weighted by Crippen LogP contribution is -2.45. The van der Waals surface area contributed by atoms with Crippen molar-refractivity contribution in [2.75, 3.05) is 82.0 Å². The number of fused-ring (bicyclic) bond motifs is 1. The van der Waals surface area contributed by atoms with Crippen molar-refractivity contribution in [2.45, 2.75) is 58.9 Å². The molecule has 2 fully saturated rings. The van der Waals surface area contributed by atoms with Gasteiger partial charge in [-0.15, -0.1) is 0 Å². The van der Waals surface area contributed by atoms with Crippen LogP contribution in [0, 0.1) is 0 Å². The number of phenols is 1. The fourth-order valence-corrected chi connectivity index (χ4v) is 6.26. The number of morpholine rings is 1. The molecule has 1 aromatic carbocycles. The predicted molar refractivity (Wildman–Crippen MR) is 165 cm³/mol. The molecule has 1 aromatic heterocycles. The highest BCUT2D eigenvalue weighted by molar-refractivity contribution is 5.64. The molecular formula is C32H48N6O3. The van der Waals surface area contributed by atoms with Crippen molar-refractivity contribution in [3.05, 3.63) is 46.7 Å². The number of nitrogens with zero attached hydrogens (tertiary/aromatic N) is 5. The Balaban J connectivity index is 1.41. The van der Waals surface area contributed by atoms with Crippen molar-refractivity contribution in [1.29, 1.82) is 0 Å². The van der Waals surface area contributed by atoms with Gasteiger partial charge < -0.3 is 29.7 Å². The van der Waals surface area contributed by atoms with Crippen LogP contribution in [-0.4, -0.2) is 92.2 Å². The number of hydrogen-bond donors (Lipinski definition) is 2. The van der Waals surface area contributed by atoms with Gasteiger partial charge in [0.1, 0.15) is 11.6 Å². The summed E-state index contributed by atoms with van der Waals surface area (Å²) < 4.78 is 11.7. The molecule has 0 aliphatic carbocycles. The number of rotatable bonds is 11. The SMILES string of the molecule is C=C(C)Cc1cc(O)cc(N2CCc3c(nc(OCCCN4CCOCC4)nc3N3CCNCC3)C2)c1C(C)CC. The Labute approximate surface area is 245 Å². The van der Waals surface area contributed by atoms with Crippen molar-refractivity contribution in [2.24, 2.45) is 0 Å². The van der Waals surface area contributed by atoms with Gasteiger partial charge in [-0.3, -0.25) is 4.90 Å². The van der Waals surface area contributed by atoms with Gasteiger partial charge in [-0.1, -0.05) is 26.0 Å². The first-order chi connectivity index (χ1) is 19.9. The van der Waals surface area contributed by atoms with Gasteiger partial charge in [-0.05, 0) is 55.7 Å². The highest BCUT2D eigenvalue weighted by Crippen LogP contribution is 2.40. The van der Waals surface area contributed by atoms with Crippen molar-refractivity contribution in [3.63, 3.8) is 0 Å². The fraction of sp³-hybridized carbons (Fsp3) is 0.625. The van der Waals surface area contributed by atoms with E-state index in [1.165, 1.54) is 16.7 Å². The zero-order valence-electron chi connectivity index (χ0n) is 25.3. The predicted octanol–water partition coefficient (Wildman–Crippen LogP) is 3.89. The summed E-state index contributed by atoms with van der Waals surface area (Å²) in [5.41, 5.74) is 6.95. The molecular weight excluding hydrogens is 516 g/mol. The molecule has 2 N–H and O–H groups in total. The monoisotopic (exact) mass is 564 g/mol. The third-order valence-corrected chi connectivity index (χ3v) is 8.56. The molecule has 9 nitrogen and oxygen atoms in total. The second kappa shape index (κ2) is 13.9. The van der Waals surface area contributed by atoms with Crippen LogP contribution in [0.5, 0.6) is 11.8 Å². The smallest absolute Gasteiger partial charge is 0.318 e. The minimum Gasteiger partial charge on any atom is -0.508 e. The molecule has 0 bridgehead atoms. The summed E-state index contributed by atoms with van der Waals surface area (Å²) in [7, 11) is 0. The van der Waals surface area contributed by atoms with Crippen molar-refractivity contribution < 1.29 is 14.6 Å². The number of benzene rings is 1. The van der Waals surface area contributed by atoms with Gasteiger partial charge in [-0.25, -0.2) is 0 Å². The minimum atomic E-state index is 0.308. The summed E-state index contributed by atoms with van der Waals surface area (Å²) in [6.45, 7) is 21.2. The molecule has 4 heterocycles. The summed E-state index contributed by atoms with van der Waals surface area (Å²) >= 11 is 0. The molecule has 3 aliphatic heterocycles. The first-order valence-electron chi connectivity index (χ1n) is 15.5. The lowest BCUT2D eigenvalue weighted by atomic mass is 9.88. The number of anilines is 2. The maximum Gasteiger partial charge on any atom is 0.318 e. The van der Waals surface area contributed by atoms with Crippen LogP contribution in [0.25, 0.3) is 0 Å². The highest BCUT2D eigenvalue weighted by Gasteiger charge is 2.29. The number of aromatic hydroxyl groups is 1. The molecule has 0 amide bonds. The molecule has 2 aromatic rings. The summed E-state index contributed by atoms with van der Waals surface area (Å²) in [4.78, 5) is 17.2. The van der Waals surface area contributed by atoms with Crippen LogP contribution in [0.1, 0.15) is 61.9 Å². The molecule has 224 valence electrons. The van der Waals surface area contributed by atoms with Gasteiger partial charge in [0.05, 0.1) is 32.1 Å². The number of hydrogen-bond acceptors (Lipinski definition) is 9. The highest BCUT2D eigenvalue weighted by atomic mass is 16.5. The zero-order valence-corrected chi connectivity index (χ0v) is 25.3. The summed E-state index contributed by atoms with van der Waals surface area (Å²) in [5, 5.41) is 14.2. The van der Waals surface area contributed by atoms with E-state index in [1.807, 2.05) is 12.1 Å². The summed E-state index contributed by atoms with van der Waals surface area (Å²) in [6.07, 6.45) is 3.59. The quantitative estimate of drug-likeness (QED) is 0.312. The Bertz CT molecular complexity index is 1190. The average molecular weight is 565 g/mol. The Morgan fingerprint density at radius 1 is 1.12 bits per heavy atom. The first kappa shape index (κ1) is 29.6. The van der Waals surface area contributed by atoms with Crippen molar-refractivity contribution >= 4 is 11.5 Å². The van der Waals surface area contributed by atoms with E-state index in [-0.39, 0.29) is 0 Å². The fourth-order valence-electron chi connectivity index (χ4n) is 6.26. The molecule has 0 saturated carbocycles. The second-order valence-corrected chi connectivity index (χ2v) is 11.8. The number of allylic oxidation sites excluding steroid dienone is 1. The van der Waals surface area contributed by atoms with Crippen LogP contribution in [0.15, 0.2) is 24.3 Å². The van der Waals surface area contributed by atoms with Gasteiger partial charge in [0.2, 0.25) is 0 Å². The van der Waals surface area contributed by atoms with Crippen LogP contribution in [0.4, 0.5) is 11.5 Å². The number of piperazine rings is 1. The van der Waals surface area contributed by atoms with Gasteiger partial charge in [0.25, 0.3) is 0 Å². The molecule has 2 saturated heterocycles. The van der Waals surface area contributed by atoms with Gasteiger partial charge in [0.15, 0.2) is 0 Å². The van der Waals surface area contributed by atoms with E-state index >= 15 is 0 Å². The maximum atomic E-state index is 10.8. The van der Waals surface area contributed by atoms with Crippen LogP contribution in [-0.2, 0) is 24.1 Å².